The number of aromatic nitrogens is 2. The van der Waals surface area contributed by atoms with E-state index < -0.39 is 10.2 Å². The van der Waals surface area contributed by atoms with Gasteiger partial charge in [-0.25, -0.2) is 9.97 Å². The zero-order chi connectivity index (χ0) is 18.6. The van der Waals surface area contributed by atoms with E-state index in [0.717, 1.165) is 11.3 Å². The first-order valence-electron chi connectivity index (χ1n) is 9.06. The van der Waals surface area contributed by atoms with Crippen molar-refractivity contribution in [3.63, 3.8) is 0 Å². The molecule has 1 aromatic rings. The average Bonchev–Trinajstić information content (AvgIpc) is 2.60. The van der Waals surface area contributed by atoms with Gasteiger partial charge in [0.25, 0.3) is 10.2 Å². The number of hydrogen-bond acceptors (Lipinski definition) is 5. The predicted octanol–water partition coefficient (Wildman–Crippen LogP) is 2.40. The van der Waals surface area contributed by atoms with E-state index in [1.807, 2.05) is 20.9 Å². The van der Waals surface area contributed by atoms with Gasteiger partial charge in [0, 0.05) is 50.2 Å². The van der Waals surface area contributed by atoms with E-state index in [1.54, 1.807) is 20.2 Å². The molecule has 25 heavy (non-hydrogen) atoms. The van der Waals surface area contributed by atoms with Crippen LogP contribution in [0.3, 0.4) is 0 Å². The highest BCUT2D eigenvalue weighted by atomic mass is 32.2. The Balaban J connectivity index is 2.13. The molecule has 1 N–H and O–H groups in total. The lowest BCUT2D eigenvalue weighted by Crippen LogP contribution is -2.39. The molecule has 1 aromatic heterocycles. The summed E-state index contributed by atoms with van der Waals surface area (Å²) >= 11 is 0. The van der Waals surface area contributed by atoms with Crippen LogP contribution in [0.1, 0.15) is 63.3 Å². The Bertz CT molecular complexity index is 674. The summed E-state index contributed by atoms with van der Waals surface area (Å²) in [5.41, 5.74) is 1.61. The summed E-state index contributed by atoms with van der Waals surface area (Å²) < 4.78 is 28.4. The number of nitrogens with one attached hydrogen (secondary N) is 1. The summed E-state index contributed by atoms with van der Waals surface area (Å²) in [6.07, 6.45) is 7.94. The molecule has 0 aliphatic heterocycles. The van der Waals surface area contributed by atoms with E-state index in [9.17, 15) is 8.42 Å². The van der Waals surface area contributed by atoms with Gasteiger partial charge in [0.05, 0.1) is 0 Å². The minimum absolute atomic E-state index is 0.381. The summed E-state index contributed by atoms with van der Waals surface area (Å²) in [6, 6.07) is 0.112. The maximum Gasteiger partial charge on any atom is 0.279 e. The minimum Gasteiger partial charge on any atom is -0.341 e. The van der Waals surface area contributed by atoms with Gasteiger partial charge in [-0.3, -0.25) is 0 Å². The Labute approximate surface area is 152 Å². The molecule has 7 nitrogen and oxygen atoms in total. The fourth-order valence-electron chi connectivity index (χ4n) is 3.24. The van der Waals surface area contributed by atoms with Crippen molar-refractivity contribution in [3.05, 3.63) is 17.5 Å². The summed E-state index contributed by atoms with van der Waals surface area (Å²) in [7, 11) is 0.104. The van der Waals surface area contributed by atoms with E-state index in [1.165, 1.54) is 36.4 Å². The third-order valence-corrected chi connectivity index (χ3v) is 6.82. The molecule has 2 rings (SSSR count). The number of hydrogen-bond donors (Lipinski definition) is 1. The Morgan fingerprint density at radius 1 is 1.28 bits per heavy atom. The Morgan fingerprint density at radius 2 is 1.92 bits per heavy atom. The largest absolute Gasteiger partial charge is 0.341 e. The smallest absolute Gasteiger partial charge is 0.279 e. The van der Waals surface area contributed by atoms with Crippen molar-refractivity contribution in [2.24, 2.45) is 0 Å². The van der Waals surface area contributed by atoms with Crippen LogP contribution in [-0.2, 0) is 10.2 Å². The van der Waals surface area contributed by atoms with Crippen molar-refractivity contribution in [2.75, 3.05) is 25.5 Å². The van der Waals surface area contributed by atoms with Crippen molar-refractivity contribution in [2.45, 2.75) is 65.0 Å². The van der Waals surface area contributed by atoms with Crippen LogP contribution in [0.15, 0.2) is 6.20 Å². The lowest BCUT2D eigenvalue weighted by molar-refractivity contribution is 0.423. The first kappa shape index (κ1) is 20.1. The molecule has 0 spiro atoms. The third-order valence-electron chi connectivity index (χ3n) is 5.09. The molecule has 1 aliphatic carbocycles. The van der Waals surface area contributed by atoms with Gasteiger partial charge in [-0.05, 0) is 26.7 Å². The number of rotatable bonds is 7. The molecule has 1 saturated carbocycles. The maximum absolute atomic E-state index is 12.2. The van der Waals surface area contributed by atoms with Crippen molar-refractivity contribution in [1.29, 1.82) is 0 Å². The summed E-state index contributed by atoms with van der Waals surface area (Å²) in [5, 5.41) is 0. The topological polar surface area (TPSA) is 78.4 Å². The van der Waals surface area contributed by atoms with Crippen LogP contribution in [0.25, 0.3) is 0 Å². The van der Waals surface area contributed by atoms with E-state index in [4.69, 9.17) is 0 Å². The van der Waals surface area contributed by atoms with Crippen LogP contribution in [-0.4, -0.2) is 49.4 Å². The molecule has 0 radical (unpaired) electrons. The fraction of sp³-hybridized carbons (Fsp3) is 0.765. The number of anilines is 1. The number of nitrogens with zero attached hydrogens (tertiary/aromatic N) is 4. The van der Waals surface area contributed by atoms with Gasteiger partial charge in [0.15, 0.2) is 0 Å². The van der Waals surface area contributed by atoms with Crippen LogP contribution in [0.4, 0.5) is 5.95 Å². The molecular formula is C17H31N5O2S. The zero-order valence-electron chi connectivity index (χ0n) is 16.0. The molecule has 0 amide bonds. The molecule has 1 heterocycles. The molecular weight excluding hydrogens is 338 g/mol. The Hall–Kier alpha value is -1.25. The first-order valence-corrected chi connectivity index (χ1v) is 10.5. The second-order valence-electron chi connectivity index (χ2n) is 6.87. The molecule has 1 unspecified atom stereocenters. The van der Waals surface area contributed by atoms with Gasteiger partial charge in [0.1, 0.15) is 0 Å². The zero-order valence-corrected chi connectivity index (χ0v) is 16.8. The van der Waals surface area contributed by atoms with Crippen LogP contribution in [0.2, 0.25) is 0 Å². The van der Waals surface area contributed by atoms with Gasteiger partial charge in [-0.15, -0.1) is 0 Å². The monoisotopic (exact) mass is 369 g/mol. The van der Waals surface area contributed by atoms with Crippen molar-refractivity contribution in [3.8, 4) is 0 Å². The standard InChI is InChI=1S/C17H31N5O2S/c1-6-21(4)25(23,24)20-14(3)16-12-18-17(19-13(16)2)22(5)15-10-8-7-9-11-15/h12,14-15,20H,6-11H2,1-5H3. The van der Waals surface area contributed by atoms with E-state index in [0.29, 0.717) is 18.5 Å². The number of aryl methyl sites for hydroxylation is 1. The third kappa shape index (κ3) is 4.89. The van der Waals surface area contributed by atoms with Gasteiger partial charge >= 0.3 is 0 Å². The van der Waals surface area contributed by atoms with Gasteiger partial charge in [0.2, 0.25) is 5.95 Å². The highest BCUT2D eigenvalue weighted by molar-refractivity contribution is 7.87. The molecule has 0 bridgehead atoms. The van der Waals surface area contributed by atoms with Gasteiger partial charge in [-0.1, -0.05) is 26.2 Å². The lowest BCUT2D eigenvalue weighted by atomic mass is 9.95. The Kier molecular flexibility index (Phi) is 6.76. The molecule has 1 fully saturated rings. The van der Waals surface area contributed by atoms with Crippen LogP contribution in [0, 0.1) is 6.92 Å². The van der Waals surface area contributed by atoms with E-state index in [-0.39, 0.29) is 6.04 Å². The first-order chi connectivity index (χ1) is 11.8. The van der Waals surface area contributed by atoms with Gasteiger partial charge < -0.3 is 4.90 Å². The molecule has 0 saturated heterocycles. The normalized spacial score (nSPS) is 17.7. The predicted molar refractivity (Wildman–Crippen MR) is 101 cm³/mol. The molecule has 142 valence electrons. The van der Waals surface area contributed by atoms with Crippen LogP contribution >= 0.6 is 0 Å². The average molecular weight is 370 g/mol. The van der Waals surface area contributed by atoms with Crippen molar-refractivity contribution in [1.82, 2.24) is 19.0 Å². The SMILES string of the molecule is CCN(C)S(=O)(=O)NC(C)c1cnc(N(C)C2CCCCC2)nc1C. The quantitative estimate of drug-likeness (QED) is 0.798. The summed E-state index contributed by atoms with van der Waals surface area (Å²) in [6.45, 7) is 5.94. The molecule has 8 heteroatoms. The van der Waals surface area contributed by atoms with Crippen molar-refractivity contribution < 1.29 is 8.42 Å². The summed E-state index contributed by atoms with van der Waals surface area (Å²) in [4.78, 5) is 11.3. The summed E-state index contributed by atoms with van der Waals surface area (Å²) in [5.74, 6) is 0.717. The maximum atomic E-state index is 12.2. The second kappa shape index (κ2) is 8.42. The van der Waals surface area contributed by atoms with E-state index in [2.05, 4.69) is 19.6 Å². The second-order valence-corrected chi connectivity index (χ2v) is 8.68. The Morgan fingerprint density at radius 3 is 2.48 bits per heavy atom. The van der Waals surface area contributed by atoms with Crippen molar-refractivity contribution >= 4 is 16.2 Å². The molecule has 0 aromatic carbocycles. The van der Waals surface area contributed by atoms with Gasteiger partial charge in [-0.2, -0.15) is 17.4 Å². The fourth-order valence-corrected chi connectivity index (χ4v) is 4.33. The van der Waals surface area contributed by atoms with Crippen LogP contribution < -0.4 is 9.62 Å². The lowest BCUT2D eigenvalue weighted by Gasteiger charge is -2.31. The minimum atomic E-state index is -3.50. The highest BCUT2D eigenvalue weighted by Crippen LogP contribution is 2.25. The highest BCUT2D eigenvalue weighted by Gasteiger charge is 2.23. The van der Waals surface area contributed by atoms with Crippen LogP contribution in [0.5, 0.6) is 0 Å². The van der Waals surface area contributed by atoms with E-state index >= 15 is 0 Å². The molecule has 1 atom stereocenters. The molecule has 1 aliphatic rings.